The highest BCUT2D eigenvalue weighted by atomic mass is 35.5. The first-order valence-corrected chi connectivity index (χ1v) is 8.78. The van der Waals surface area contributed by atoms with E-state index in [0.29, 0.717) is 5.56 Å². The van der Waals surface area contributed by atoms with E-state index >= 15 is 0 Å². The van der Waals surface area contributed by atoms with Crippen LogP contribution in [0.15, 0.2) is 30.3 Å². The van der Waals surface area contributed by atoms with E-state index in [4.69, 9.17) is 16.0 Å². The summed E-state index contributed by atoms with van der Waals surface area (Å²) in [6, 6.07) is 8.35. The molecule has 0 saturated carbocycles. The van der Waals surface area contributed by atoms with Crippen LogP contribution >= 0.6 is 11.6 Å². The Bertz CT molecular complexity index is 332. The molecule has 90 valence electrons. The first-order valence-electron chi connectivity index (χ1n) is 4.99. The van der Waals surface area contributed by atoms with Gasteiger partial charge in [0, 0.05) is 0 Å². The van der Waals surface area contributed by atoms with Crippen molar-refractivity contribution in [1.82, 2.24) is 0 Å². The summed E-state index contributed by atoms with van der Waals surface area (Å²) in [6.45, 7) is 5.56. The molecule has 16 heavy (non-hydrogen) atoms. The minimum atomic E-state index is -3.39. The Balaban J connectivity index is 2.98. The van der Waals surface area contributed by atoms with Crippen LogP contribution in [0.3, 0.4) is 0 Å². The molecule has 0 spiro atoms. The van der Waals surface area contributed by atoms with Crippen LogP contribution in [0.1, 0.15) is 11.7 Å². The highest BCUT2D eigenvalue weighted by Gasteiger charge is 2.41. The topological polar surface area (TPSA) is 9.23 Å². The quantitative estimate of drug-likeness (QED) is 0.578. The van der Waals surface area contributed by atoms with Crippen LogP contribution in [0.25, 0.3) is 0 Å². The molecule has 0 N–H and O–H groups in total. The van der Waals surface area contributed by atoms with Gasteiger partial charge in [0.1, 0.15) is 6.10 Å². The van der Waals surface area contributed by atoms with Crippen molar-refractivity contribution in [2.24, 2.45) is 0 Å². The summed E-state index contributed by atoms with van der Waals surface area (Å²) in [4.78, 5) is 0. The van der Waals surface area contributed by atoms with Crippen LogP contribution in [0.5, 0.6) is 0 Å². The highest BCUT2D eigenvalue weighted by molar-refractivity contribution is 6.69. The maximum Gasteiger partial charge on any atom is 0.350 e. The molecule has 1 aromatic rings. The number of hydrogen-bond acceptors (Lipinski definition) is 1. The Morgan fingerprint density at radius 1 is 1.19 bits per heavy atom. The first-order chi connectivity index (χ1) is 7.20. The molecule has 5 heteroatoms. The van der Waals surface area contributed by atoms with E-state index in [2.05, 4.69) is 0 Å². The van der Waals surface area contributed by atoms with Gasteiger partial charge in [0.2, 0.25) is 0 Å². The molecule has 1 rings (SSSR count). The van der Waals surface area contributed by atoms with Gasteiger partial charge >= 0.3 is 5.38 Å². The lowest BCUT2D eigenvalue weighted by molar-refractivity contribution is -0.0320. The molecule has 0 aliphatic heterocycles. The summed E-state index contributed by atoms with van der Waals surface area (Å²) in [6.07, 6.45) is -1.37. The molecule has 0 fully saturated rings. The second-order valence-electron chi connectivity index (χ2n) is 4.56. The Morgan fingerprint density at radius 2 is 1.69 bits per heavy atom. The zero-order valence-corrected chi connectivity index (χ0v) is 11.3. The van der Waals surface area contributed by atoms with Crippen molar-refractivity contribution < 1.29 is 13.2 Å². The van der Waals surface area contributed by atoms with Crippen LogP contribution in [-0.4, -0.2) is 13.7 Å². The lowest BCUT2D eigenvalue weighted by atomic mass is 10.1. The van der Waals surface area contributed by atoms with Gasteiger partial charge in [-0.15, -0.1) is 0 Å². The number of hydrogen-bond donors (Lipinski definition) is 0. The molecular formula is C11H15ClF2OSi. The molecule has 1 atom stereocenters. The Labute approximate surface area is 101 Å². The van der Waals surface area contributed by atoms with Crippen molar-refractivity contribution in [3.05, 3.63) is 35.9 Å². The Kier molecular flexibility index (Phi) is 4.10. The van der Waals surface area contributed by atoms with Crippen molar-refractivity contribution >= 4 is 19.9 Å². The third kappa shape index (κ3) is 4.20. The first kappa shape index (κ1) is 13.6. The summed E-state index contributed by atoms with van der Waals surface area (Å²) in [7, 11) is -2.08. The molecular weight excluding hydrogens is 250 g/mol. The number of benzene rings is 1. The summed E-state index contributed by atoms with van der Waals surface area (Å²) < 4.78 is 32.0. The van der Waals surface area contributed by atoms with Crippen molar-refractivity contribution in [2.45, 2.75) is 31.1 Å². The van der Waals surface area contributed by atoms with Gasteiger partial charge in [0.05, 0.1) is 0 Å². The smallest absolute Gasteiger partial charge is 0.350 e. The van der Waals surface area contributed by atoms with E-state index in [-0.39, 0.29) is 0 Å². The fourth-order valence-electron chi connectivity index (χ4n) is 1.31. The zero-order chi connectivity index (χ0) is 12.4. The fourth-order valence-corrected chi connectivity index (χ4v) is 2.54. The van der Waals surface area contributed by atoms with Gasteiger partial charge < -0.3 is 4.43 Å². The molecule has 0 saturated heterocycles. The van der Waals surface area contributed by atoms with Crippen molar-refractivity contribution in [3.63, 3.8) is 0 Å². The minimum Gasteiger partial charge on any atom is -0.404 e. The molecule has 1 unspecified atom stereocenters. The molecule has 0 aliphatic rings. The lowest BCUT2D eigenvalue weighted by Gasteiger charge is -2.29. The summed E-state index contributed by atoms with van der Waals surface area (Å²) in [5.74, 6) is 0. The summed E-state index contributed by atoms with van der Waals surface area (Å²) in [5.41, 5.74) is 0.407. The van der Waals surface area contributed by atoms with Crippen LogP contribution in [0.4, 0.5) is 8.78 Å². The normalized spacial score (nSPS) is 14.9. The zero-order valence-electron chi connectivity index (χ0n) is 9.51. The average Bonchev–Trinajstić information content (AvgIpc) is 2.13. The van der Waals surface area contributed by atoms with Gasteiger partial charge in [-0.3, -0.25) is 0 Å². The van der Waals surface area contributed by atoms with Crippen molar-refractivity contribution in [2.75, 3.05) is 0 Å². The van der Waals surface area contributed by atoms with Gasteiger partial charge in [-0.25, -0.2) is 0 Å². The van der Waals surface area contributed by atoms with Crippen LogP contribution in [0.2, 0.25) is 19.6 Å². The Morgan fingerprint density at radius 3 is 2.06 bits per heavy atom. The third-order valence-corrected chi connectivity index (χ3v) is 3.01. The largest absolute Gasteiger partial charge is 0.404 e. The molecule has 0 aliphatic carbocycles. The second-order valence-corrected chi connectivity index (χ2v) is 9.53. The van der Waals surface area contributed by atoms with Gasteiger partial charge in [0.15, 0.2) is 8.32 Å². The maximum atomic E-state index is 13.3. The van der Waals surface area contributed by atoms with Gasteiger partial charge in [-0.2, -0.15) is 8.78 Å². The van der Waals surface area contributed by atoms with E-state index in [0.717, 1.165) is 0 Å². The Hall–Kier alpha value is -0.453. The van der Waals surface area contributed by atoms with Crippen molar-refractivity contribution in [1.29, 1.82) is 0 Å². The molecule has 0 radical (unpaired) electrons. The van der Waals surface area contributed by atoms with Crippen LogP contribution in [0, 0.1) is 0 Å². The van der Waals surface area contributed by atoms with Gasteiger partial charge in [-0.05, 0) is 36.8 Å². The summed E-state index contributed by atoms with van der Waals surface area (Å²) in [5, 5.41) is -3.39. The molecule has 1 nitrogen and oxygen atoms in total. The summed E-state index contributed by atoms with van der Waals surface area (Å²) >= 11 is 5.10. The van der Waals surface area contributed by atoms with E-state index < -0.39 is 19.8 Å². The van der Waals surface area contributed by atoms with Gasteiger partial charge in [0.25, 0.3) is 0 Å². The van der Waals surface area contributed by atoms with Crippen LogP contribution < -0.4 is 0 Å². The molecule has 0 heterocycles. The number of halogens is 3. The van der Waals surface area contributed by atoms with E-state index in [9.17, 15) is 8.78 Å². The number of alkyl halides is 3. The molecule has 0 amide bonds. The fraction of sp³-hybridized carbons (Fsp3) is 0.455. The predicted octanol–water partition coefficient (Wildman–Crippen LogP) is 4.41. The van der Waals surface area contributed by atoms with Gasteiger partial charge in [-0.1, -0.05) is 30.3 Å². The molecule has 1 aromatic carbocycles. The predicted molar refractivity (Wildman–Crippen MR) is 64.4 cm³/mol. The maximum absolute atomic E-state index is 13.3. The molecule has 0 bridgehead atoms. The van der Waals surface area contributed by atoms with Crippen LogP contribution in [-0.2, 0) is 4.43 Å². The standard InChI is InChI=1S/C11H15ClF2OSi/c1-16(2,3)15-10(11(12,13)14)9-7-5-4-6-8-9/h4-8,10H,1-3H3. The van der Waals surface area contributed by atoms with E-state index in [1.165, 1.54) is 0 Å². The molecule has 0 aromatic heterocycles. The number of rotatable bonds is 4. The lowest BCUT2D eigenvalue weighted by Crippen LogP contribution is -2.34. The van der Waals surface area contributed by atoms with Crippen molar-refractivity contribution in [3.8, 4) is 0 Å². The SMILES string of the molecule is C[Si](C)(C)OC(c1ccccc1)C(F)(F)Cl. The average molecular weight is 265 g/mol. The highest BCUT2D eigenvalue weighted by Crippen LogP contribution is 2.39. The monoisotopic (exact) mass is 264 g/mol. The third-order valence-electron chi connectivity index (χ3n) is 1.87. The second kappa shape index (κ2) is 4.81. The minimum absolute atomic E-state index is 0.407. The van der Waals surface area contributed by atoms with E-state index in [1.54, 1.807) is 30.3 Å². The van der Waals surface area contributed by atoms with E-state index in [1.807, 2.05) is 19.6 Å².